The lowest BCUT2D eigenvalue weighted by molar-refractivity contribution is 0.00749. The van der Waals surface area contributed by atoms with Crippen LogP contribution in [0.15, 0.2) is 16.9 Å². The summed E-state index contributed by atoms with van der Waals surface area (Å²) in [5.74, 6) is -1.29. The number of hydrogen-bond donors (Lipinski definition) is 0. The maximum Gasteiger partial charge on any atom is 0.248 e. The van der Waals surface area contributed by atoms with Crippen LogP contribution in [0.25, 0.3) is 0 Å². The Morgan fingerprint density at radius 3 is 2.83 bits per heavy atom. The molecule has 0 N–H and O–H groups in total. The van der Waals surface area contributed by atoms with E-state index in [0.29, 0.717) is 30.1 Å². The van der Waals surface area contributed by atoms with Gasteiger partial charge in [0.1, 0.15) is 0 Å². The van der Waals surface area contributed by atoms with E-state index in [9.17, 15) is 8.78 Å². The molecule has 2 aromatic rings. The molecule has 4 rings (SSSR count). The molecule has 2 aliphatic carbocycles. The van der Waals surface area contributed by atoms with Crippen molar-refractivity contribution in [3.63, 3.8) is 0 Å². The van der Waals surface area contributed by atoms with Crippen LogP contribution in [0.3, 0.4) is 0 Å². The second kappa shape index (κ2) is 5.11. The number of rotatable bonds is 4. The second-order valence-electron chi connectivity index (χ2n) is 7.08. The van der Waals surface area contributed by atoms with Crippen LogP contribution in [0.5, 0.6) is 0 Å². The van der Waals surface area contributed by atoms with Crippen LogP contribution in [0.4, 0.5) is 8.78 Å². The SMILES string of the molecule is CC(C)n1cc(C2CC2c2nc(C3CCC(F)(F)C3)no2)cn1. The fraction of sp³-hybridized carbons (Fsp3) is 0.688. The summed E-state index contributed by atoms with van der Waals surface area (Å²) >= 11 is 0. The van der Waals surface area contributed by atoms with Crippen molar-refractivity contribution >= 4 is 0 Å². The molecule has 0 amide bonds. The summed E-state index contributed by atoms with van der Waals surface area (Å²) in [7, 11) is 0. The Balaban J connectivity index is 1.44. The van der Waals surface area contributed by atoms with Crippen LogP contribution < -0.4 is 0 Å². The fourth-order valence-electron chi connectivity index (χ4n) is 3.40. The third kappa shape index (κ3) is 2.77. The van der Waals surface area contributed by atoms with Gasteiger partial charge in [-0.1, -0.05) is 5.16 Å². The first kappa shape index (κ1) is 14.8. The Morgan fingerprint density at radius 2 is 2.17 bits per heavy atom. The van der Waals surface area contributed by atoms with Gasteiger partial charge in [0.15, 0.2) is 5.82 Å². The number of aromatic nitrogens is 4. The van der Waals surface area contributed by atoms with E-state index in [1.54, 1.807) is 0 Å². The predicted octanol–water partition coefficient (Wildman–Crippen LogP) is 4.02. The van der Waals surface area contributed by atoms with Gasteiger partial charge in [-0.2, -0.15) is 10.1 Å². The van der Waals surface area contributed by atoms with E-state index in [2.05, 4.69) is 35.3 Å². The highest BCUT2D eigenvalue weighted by Crippen LogP contribution is 2.54. The third-order valence-electron chi connectivity index (χ3n) is 4.91. The van der Waals surface area contributed by atoms with Crippen LogP contribution in [0.2, 0.25) is 0 Å². The molecular formula is C16H20F2N4O. The molecule has 3 unspecified atom stereocenters. The maximum absolute atomic E-state index is 13.3. The zero-order valence-electron chi connectivity index (χ0n) is 13.2. The van der Waals surface area contributed by atoms with Gasteiger partial charge >= 0.3 is 0 Å². The maximum atomic E-state index is 13.3. The molecule has 2 fully saturated rings. The Hall–Kier alpha value is -1.79. The highest BCUT2D eigenvalue weighted by Gasteiger charge is 2.46. The molecule has 0 spiro atoms. The summed E-state index contributed by atoms with van der Waals surface area (Å²) in [4.78, 5) is 4.40. The quantitative estimate of drug-likeness (QED) is 0.853. The predicted molar refractivity (Wildman–Crippen MR) is 78.5 cm³/mol. The molecule has 2 saturated carbocycles. The lowest BCUT2D eigenvalue weighted by atomic mass is 10.1. The molecule has 0 saturated heterocycles. The van der Waals surface area contributed by atoms with Gasteiger partial charge in [-0.15, -0.1) is 0 Å². The zero-order valence-corrected chi connectivity index (χ0v) is 13.2. The minimum atomic E-state index is -2.58. The summed E-state index contributed by atoms with van der Waals surface area (Å²) in [6.45, 7) is 4.17. The van der Waals surface area contributed by atoms with E-state index in [1.807, 2.05) is 10.9 Å². The van der Waals surface area contributed by atoms with Crippen molar-refractivity contribution in [3.8, 4) is 0 Å². The molecule has 0 aromatic carbocycles. The second-order valence-corrected chi connectivity index (χ2v) is 7.08. The minimum absolute atomic E-state index is 0.0814. The van der Waals surface area contributed by atoms with E-state index < -0.39 is 5.92 Å². The normalized spacial score (nSPS) is 29.3. The summed E-state index contributed by atoms with van der Waals surface area (Å²) in [6.07, 6.45) is 5.08. The van der Waals surface area contributed by atoms with Gasteiger partial charge in [-0.25, -0.2) is 8.78 Å². The van der Waals surface area contributed by atoms with Crippen molar-refractivity contribution in [1.82, 2.24) is 19.9 Å². The topological polar surface area (TPSA) is 56.7 Å². The van der Waals surface area contributed by atoms with Gasteiger partial charge in [-0.3, -0.25) is 4.68 Å². The summed E-state index contributed by atoms with van der Waals surface area (Å²) < 4.78 is 33.9. The highest BCUT2D eigenvalue weighted by atomic mass is 19.3. The van der Waals surface area contributed by atoms with Gasteiger partial charge in [0, 0.05) is 36.9 Å². The van der Waals surface area contributed by atoms with E-state index in [0.717, 1.165) is 6.42 Å². The van der Waals surface area contributed by atoms with E-state index in [1.165, 1.54) is 5.56 Å². The van der Waals surface area contributed by atoms with Crippen molar-refractivity contribution in [2.24, 2.45) is 0 Å². The summed E-state index contributed by atoms with van der Waals surface area (Å²) in [5.41, 5.74) is 1.18. The van der Waals surface area contributed by atoms with Crippen molar-refractivity contribution in [3.05, 3.63) is 29.7 Å². The van der Waals surface area contributed by atoms with Crippen molar-refractivity contribution < 1.29 is 13.3 Å². The van der Waals surface area contributed by atoms with E-state index >= 15 is 0 Å². The number of hydrogen-bond acceptors (Lipinski definition) is 4. The largest absolute Gasteiger partial charge is 0.339 e. The van der Waals surface area contributed by atoms with Crippen molar-refractivity contribution in [2.75, 3.05) is 0 Å². The number of alkyl halides is 2. The van der Waals surface area contributed by atoms with Crippen LogP contribution in [-0.2, 0) is 0 Å². The van der Waals surface area contributed by atoms with E-state index in [-0.39, 0.29) is 24.7 Å². The molecule has 5 nitrogen and oxygen atoms in total. The Kier molecular flexibility index (Phi) is 3.28. The molecule has 0 aliphatic heterocycles. The molecule has 2 aromatic heterocycles. The Morgan fingerprint density at radius 1 is 1.35 bits per heavy atom. The number of nitrogens with zero attached hydrogens (tertiary/aromatic N) is 4. The monoisotopic (exact) mass is 322 g/mol. The molecule has 124 valence electrons. The van der Waals surface area contributed by atoms with Gasteiger partial charge in [-0.05, 0) is 38.2 Å². The first-order chi connectivity index (χ1) is 10.9. The average Bonchev–Trinajstić information content (AvgIpc) is 2.91. The Bertz CT molecular complexity index is 709. The van der Waals surface area contributed by atoms with Crippen molar-refractivity contribution in [1.29, 1.82) is 0 Å². The number of halogens is 2. The zero-order chi connectivity index (χ0) is 16.2. The standard InChI is InChI=1S/C16H20F2N4O/c1-9(2)22-8-11(7-19-22)12-5-13(12)15-20-14(21-23-15)10-3-4-16(17,18)6-10/h7-10,12-13H,3-6H2,1-2H3. The molecule has 23 heavy (non-hydrogen) atoms. The van der Waals surface area contributed by atoms with Crippen LogP contribution in [0, 0.1) is 0 Å². The minimum Gasteiger partial charge on any atom is -0.339 e. The third-order valence-corrected chi connectivity index (χ3v) is 4.91. The fourth-order valence-corrected chi connectivity index (χ4v) is 3.40. The molecule has 2 heterocycles. The van der Waals surface area contributed by atoms with Gasteiger partial charge in [0.25, 0.3) is 0 Å². The Labute approximate surface area is 133 Å². The first-order valence-corrected chi connectivity index (χ1v) is 8.18. The molecule has 0 bridgehead atoms. The van der Waals surface area contributed by atoms with Gasteiger partial charge < -0.3 is 4.52 Å². The molecule has 7 heteroatoms. The molecular weight excluding hydrogens is 302 g/mol. The smallest absolute Gasteiger partial charge is 0.248 e. The molecule has 3 atom stereocenters. The first-order valence-electron chi connectivity index (χ1n) is 8.18. The lowest BCUT2D eigenvalue weighted by Crippen LogP contribution is -2.09. The van der Waals surface area contributed by atoms with E-state index in [4.69, 9.17) is 4.52 Å². The lowest BCUT2D eigenvalue weighted by Gasteiger charge is -2.06. The average molecular weight is 322 g/mol. The van der Waals surface area contributed by atoms with Crippen LogP contribution in [-0.4, -0.2) is 25.8 Å². The van der Waals surface area contributed by atoms with Gasteiger partial charge in [0.2, 0.25) is 11.8 Å². The van der Waals surface area contributed by atoms with Crippen LogP contribution >= 0.6 is 0 Å². The van der Waals surface area contributed by atoms with Crippen LogP contribution in [0.1, 0.15) is 80.6 Å². The molecule has 0 radical (unpaired) electrons. The van der Waals surface area contributed by atoms with Crippen molar-refractivity contribution in [2.45, 2.75) is 69.2 Å². The summed E-state index contributed by atoms with van der Waals surface area (Å²) in [5, 5.41) is 8.30. The van der Waals surface area contributed by atoms with Gasteiger partial charge in [0.05, 0.1) is 6.20 Å². The summed E-state index contributed by atoms with van der Waals surface area (Å²) in [6, 6.07) is 0.333. The molecule has 2 aliphatic rings. The highest BCUT2D eigenvalue weighted by molar-refractivity contribution is 5.27.